The van der Waals surface area contributed by atoms with Gasteiger partial charge in [0.05, 0.1) is 0 Å². The van der Waals surface area contributed by atoms with Gasteiger partial charge in [-0.25, -0.2) is 4.79 Å². The van der Waals surface area contributed by atoms with Crippen molar-refractivity contribution in [1.29, 1.82) is 0 Å². The van der Waals surface area contributed by atoms with Crippen LogP contribution in [-0.4, -0.2) is 54.7 Å². The number of rotatable bonds is 6. The molecule has 1 unspecified atom stereocenters. The number of alkyl carbamates (subject to hydrolysis) is 1. The predicted molar refractivity (Wildman–Crippen MR) is 123 cm³/mol. The molecule has 4 N–H and O–H groups in total. The van der Waals surface area contributed by atoms with E-state index in [-0.39, 0.29) is 35.9 Å². The van der Waals surface area contributed by atoms with Crippen molar-refractivity contribution < 1.29 is 19.1 Å². The van der Waals surface area contributed by atoms with Crippen molar-refractivity contribution in [3.05, 3.63) is 24.3 Å². The first-order valence-corrected chi connectivity index (χ1v) is 11.7. The van der Waals surface area contributed by atoms with Crippen LogP contribution in [0.15, 0.2) is 24.3 Å². The third-order valence-corrected chi connectivity index (χ3v) is 6.60. The second-order valence-corrected chi connectivity index (χ2v) is 10.4. The standard InChI is InChI=1S/C24H38N4O4/c1-16(29)26-20-14-17(28-23(2,3)4)8-9-18(20)24(11-6-5-7-12-24)15-32-22(31)27-19-10-13-25-21(19)30/h5-7,11,17-20,28H,8-10,12-15H2,1-4H3,(H,25,30)(H,26,29)(H,27,31)/t17-,18-,19?,20-,24+/m1/s1. The fraction of sp³-hybridized carbons (Fsp3) is 0.708. The fourth-order valence-electron chi connectivity index (χ4n) is 5.31. The van der Waals surface area contributed by atoms with Crippen molar-refractivity contribution in [1.82, 2.24) is 21.3 Å². The lowest BCUT2D eigenvalue weighted by molar-refractivity contribution is -0.121. The van der Waals surface area contributed by atoms with Gasteiger partial charge in [0.15, 0.2) is 0 Å². The molecule has 1 saturated heterocycles. The van der Waals surface area contributed by atoms with Gasteiger partial charge in [0.25, 0.3) is 0 Å². The van der Waals surface area contributed by atoms with Gasteiger partial charge in [-0.1, -0.05) is 24.3 Å². The number of allylic oxidation sites excluding steroid dienone is 3. The number of hydrogen-bond acceptors (Lipinski definition) is 5. The fourth-order valence-corrected chi connectivity index (χ4v) is 5.31. The van der Waals surface area contributed by atoms with E-state index in [0.717, 1.165) is 25.7 Å². The summed E-state index contributed by atoms with van der Waals surface area (Å²) < 4.78 is 5.67. The Hall–Kier alpha value is -2.35. The topological polar surface area (TPSA) is 109 Å². The van der Waals surface area contributed by atoms with Crippen LogP contribution in [0.2, 0.25) is 0 Å². The highest BCUT2D eigenvalue weighted by molar-refractivity contribution is 5.87. The van der Waals surface area contributed by atoms with E-state index in [1.165, 1.54) is 0 Å². The maximum absolute atomic E-state index is 12.4. The van der Waals surface area contributed by atoms with Gasteiger partial charge in [-0.3, -0.25) is 9.59 Å². The van der Waals surface area contributed by atoms with Crippen LogP contribution >= 0.6 is 0 Å². The van der Waals surface area contributed by atoms with Crippen LogP contribution in [0.3, 0.4) is 0 Å². The average Bonchev–Trinajstić information content (AvgIpc) is 3.10. The molecule has 0 aromatic rings. The summed E-state index contributed by atoms with van der Waals surface area (Å²) in [6.07, 6.45) is 11.7. The molecule has 0 aromatic heterocycles. The van der Waals surface area contributed by atoms with Crippen LogP contribution < -0.4 is 21.3 Å². The van der Waals surface area contributed by atoms with E-state index in [9.17, 15) is 14.4 Å². The van der Waals surface area contributed by atoms with Gasteiger partial charge in [-0.2, -0.15) is 0 Å². The van der Waals surface area contributed by atoms with Gasteiger partial charge in [0.1, 0.15) is 12.6 Å². The normalized spacial score (nSPS) is 32.3. The van der Waals surface area contributed by atoms with Crippen LogP contribution in [0.25, 0.3) is 0 Å². The molecular weight excluding hydrogens is 408 g/mol. The third-order valence-electron chi connectivity index (χ3n) is 6.60. The second kappa shape index (κ2) is 10.1. The van der Waals surface area contributed by atoms with Crippen LogP contribution in [0, 0.1) is 11.3 Å². The Kier molecular flexibility index (Phi) is 7.64. The highest BCUT2D eigenvalue weighted by atomic mass is 16.5. The zero-order chi connectivity index (χ0) is 23.4. The molecule has 5 atom stereocenters. The molecule has 0 spiro atoms. The average molecular weight is 447 g/mol. The van der Waals surface area contributed by atoms with E-state index >= 15 is 0 Å². The van der Waals surface area contributed by atoms with E-state index in [0.29, 0.717) is 19.0 Å². The molecule has 8 heteroatoms. The Labute approximate surface area is 191 Å². The lowest BCUT2D eigenvalue weighted by Crippen LogP contribution is -2.56. The minimum Gasteiger partial charge on any atom is -0.449 e. The Balaban J connectivity index is 1.71. The smallest absolute Gasteiger partial charge is 0.407 e. The Morgan fingerprint density at radius 1 is 1.19 bits per heavy atom. The molecule has 3 rings (SSSR count). The summed E-state index contributed by atoms with van der Waals surface area (Å²) in [5, 5.41) is 12.2. The molecule has 3 amide bonds. The summed E-state index contributed by atoms with van der Waals surface area (Å²) in [5.41, 5.74) is -0.402. The van der Waals surface area contributed by atoms with Crippen LogP contribution in [0.5, 0.6) is 0 Å². The number of hydrogen-bond donors (Lipinski definition) is 4. The maximum atomic E-state index is 12.4. The molecule has 0 radical (unpaired) electrons. The van der Waals surface area contributed by atoms with Crippen molar-refractivity contribution in [3.63, 3.8) is 0 Å². The largest absolute Gasteiger partial charge is 0.449 e. The molecule has 2 aliphatic carbocycles. The predicted octanol–water partition coefficient (Wildman–Crippen LogP) is 2.17. The first-order chi connectivity index (χ1) is 15.1. The summed E-state index contributed by atoms with van der Waals surface area (Å²) in [4.78, 5) is 36.2. The van der Waals surface area contributed by atoms with Crippen molar-refractivity contribution >= 4 is 17.9 Å². The van der Waals surface area contributed by atoms with E-state index in [1.54, 1.807) is 6.92 Å². The van der Waals surface area contributed by atoms with E-state index in [2.05, 4.69) is 54.2 Å². The molecule has 32 heavy (non-hydrogen) atoms. The highest BCUT2D eigenvalue weighted by Gasteiger charge is 2.45. The molecule has 1 aliphatic heterocycles. The number of nitrogens with one attached hydrogen (secondary N) is 4. The van der Waals surface area contributed by atoms with Gasteiger partial charge >= 0.3 is 6.09 Å². The minimum atomic E-state index is -0.575. The second-order valence-electron chi connectivity index (χ2n) is 10.4. The zero-order valence-corrected chi connectivity index (χ0v) is 19.7. The van der Waals surface area contributed by atoms with Crippen LogP contribution in [-0.2, 0) is 14.3 Å². The number of carbonyl (C=O) groups is 3. The quantitative estimate of drug-likeness (QED) is 0.500. The molecule has 1 heterocycles. The summed E-state index contributed by atoms with van der Waals surface area (Å²) in [6.45, 7) is 8.77. The number of ether oxygens (including phenoxy) is 1. The Morgan fingerprint density at radius 3 is 2.56 bits per heavy atom. The van der Waals surface area contributed by atoms with Crippen molar-refractivity contribution in [2.45, 2.75) is 83.5 Å². The van der Waals surface area contributed by atoms with Crippen molar-refractivity contribution in [2.75, 3.05) is 13.2 Å². The van der Waals surface area contributed by atoms with Crippen LogP contribution in [0.4, 0.5) is 4.79 Å². The van der Waals surface area contributed by atoms with Gasteiger partial charge in [-0.15, -0.1) is 0 Å². The first kappa shape index (κ1) is 24.3. The van der Waals surface area contributed by atoms with E-state index in [4.69, 9.17) is 4.74 Å². The summed E-state index contributed by atoms with van der Waals surface area (Å²) in [7, 11) is 0. The zero-order valence-electron chi connectivity index (χ0n) is 19.7. The molecule has 8 nitrogen and oxygen atoms in total. The Morgan fingerprint density at radius 2 is 1.97 bits per heavy atom. The van der Waals surface area contributed by atoms with Crippen LogP contribution in [0.1, 0.15) is 59.8 Å². The lowest BCUT2D eigenvalue weighted by atomic mass is 9.63. The molecule has 0 aromatic carbocycles. The number of amides is 3. The highest BCUT2D eigenvalue weighted by Crippen LogP contribution is 2.44. The van der Waals surface area contributed by atoms with Crippen molar-refractivity contribution in [2.24, 2.45) is 11.3 Å². The van der Waals surface area contributed by atoms with E-state index < -0.39 is 17.6 Å². The Bertz CT molecular complexity index is 772. The van der Waals surface area contributed by atoms with Gasteiger partial charge in [-0.05, 0) is 58.8 Å². The lowest BCUT2D eigenvalue weighted by Gasteiger charge is -2.48. The van der Waals surface area contributed by atoms with Gasteiger partial charge in [0, 0.05) is 36.5 Å². The molecule has 1 saturated carbocycles. The SMILES string of the molecule is CC(=O)N[C@@H]1C[C@H](NC(C)(C)C)CC[C@H]1[C@@]1(COC(=O)NC2CCNC2=O)C=CC=CC1. The molecule has 178 valence electrons. The van der Waals surface area contributed by atoms with E-state index in [1.807, 2.05) is 12.2 Å². The number of carbonyl (C=O) groups excluding carboxylic acids is 3. The molecule has 2 fully saturated rings. The van der Waals surface area contributed by atoms with Crippen molar-refractivity contribution in [3.8, 4) is 0 Å². The summed E-state index contributed by atoms with van der Waals surface area (Å²) in [6, 6.07) is -0.246. The monoisotopic (exact) mass is 446 g/mol. The van der Waals surface area contributed by atoms with Gasteiger partial charge in [0.2, 0.25) is 11.8 Å². The summed E-state index contributed by atoms with van der Waals surface area (Å²) in [5.74, 6) is -0.0893. The maximum Gasteiger partial charge on any atom is 0.407 e. The third kappa shape index (κ3) is 6.34. The molecular formula is C24H38N4O4. The summed E-state index contributed by atoms with van der Waals surface area (Å²) >= 11 is 0. The molecule has 0 bridgehead atoms. The van der Waals surface area contributed by atoms with Gasteiger partial charge < -0.3 is 26.0 Å². The molecule has 3 aliphatic rings. The first-order valence-electron chi connectivity index (χ1n) is 11.7. The minimum absolute atomic E-state index is 0.00280.